The summed E-state index contributed by atoms with van der Waals surface area (Å²) < 4.78 is 5.74. The molecule has 1 saturated heterocycles. The van der Waals surface area contributed by atoms with Crippen molar-refractivity contribution in [3.63, 3.8) is 0 Å². The zero-order chi connectivity index (χ0) is 13.8. The maximum Gasteiger partial charge on any atom is 0.0666 e. The van der Waals surface area contributed by atoms with Crippen LogP contribution in [0.3, 0.4) is 0 Å². The quantitative estimate of drug-likeness (QED) is 0.832. The Morgan fingerprint density at radius 2 is 2.00 bits per heavy atom. The van der Waals surface area contributed by atoms with Crippen LogP contribution in [0, 0.1) is 11.8 Å². The SMILES string of the molecule is CCNC1CCC(C(C)C)CC1SC1CCOC1C. The van der Waals surface area contributed by atoms with Crippen LogP contribution in [0.15, 0.2) is 0 Å². The van der Waals surface area contributed by atoms with Crippen LogP contribution in [0.1, 0.15) is 53.4 Å². The van der Waals surface area contributed by atoms with Crippen molar-refractivity contribution in [2.24, 2.45) is 11.8 Å². The number of hydrogen-bond acceptors (Lipinski definition) is 3. The summed E-state index contributed by atoms with van der Waals surface area (Å²) in [5.41, 5.74) is 0. The molecule has 1 aliphatic heterocycles. The molecule has 0 bridgehead atoms. The topological polar surface area (TPSA) is 21.3 Å². The molecule has 5 unspecified atom stereocenters. The van der Waals surface area contributed by atoms with Crippen LogP contribution in [0.4, 0.5) is 0 Å². The van der Waals surface area contributed by atoms with Gasteiger partial charge in [-0.2, -0.15) is 11.8 Å². The van der Waals surface area contributed by atoms with Gasteiger partial charge in [0.15, 0.2) is 0 Å². The zero-order valence-electron chi connectivity index (χ0n) is 13.0. The fraction of sp³-hybridized carbons (Fsp3) is 1.00. The minimum atomic E-state index is 0.451. The second kappa shape index (κ2) is 7.33. The minimum absolute atomic E-state index is 0.451. The second-order valence-corrected chi connectivity index (χ2v) is 8.04. The summed E-state index contributed by atoms with van der Waals surface area (Å²) in [5.74, 6) is 1.76. The average Bonchev–Trinajstić information content (AvgIpc) is 2.77. The van der Waals surface area contributed by atoms with Crippen molar-refractivity contribution in [2.45, 2.75) is 76.0 Å². The highest BCUT2D eigenvalue weighted by atomic mass is 32.2. The average molecular weight is 285 g/mol. The summed E-state index contributed by atoms with van der Waals surface area (Å²) in [4.78, 5) is 0. The van der Waals surface area contributed by atoms with Gasteiger partial charge in [0.05, 0.1) is 6.10 Å². The Kier molecular flexibility index (Phi) is 6.04. The molecule has 2 fully saturated rings. The van der Waals surface area contributed by atoms with Gasteiger partial charge in [-0.25, -0.2) is 0 Å². The Bertz CT molecular complexity index is 271. The van der Waals surface area contributed by atoms with Crippen LogP contribution in [0.5, 0.6) is 0 Å². The van der Waals surface area contributed by atoms with Crippen LogP contribution in [0.2, 0.25) is 0 Å². The predicted octanol–water partition coefficient (Wildman–Crippen LogP) is 3.70. The number of rotatable bonds is 5. The molecular formula is C16H31NOS. The third-order valence-electron chi connectivity index (χ3n) is 4.90. The van der Waals surface area contributed by atoms with E-state index in [1.54, 1.807) is 0 Å². The lowest BCUT2D eigenvalue weighted by atomic mass is 9.79. The molecule has 112 valence electrons. The lowest BCUT2D eigenvalue weighted by Crippen LogP contribution is -2.44. The van der Waals surface area contributed by atoms with E-state index in [-0.39, 0.29) is 0 Å². The summed E-state index contributed by atoms with van der Waals surface area (Å²) in [6.07, 6.45) is 5.85. The molecule has 2 nitrogen and oxygen atoms in total. The monoisotopic (exact) mass is 285 g/mol. The number of hydrogen-bond donors (Lipinski definition) is 1. The van der Waals surface area contributed by atoms with Crippen molar-refractivity contribution >= 4 is 11.8 Å². The highest BCUT2D eigenvalue weighted by Gasteiger charge is 2.35. The lowest BCUT2D eigenvalue weighted by molar-refractivity contribution is 0.127. The van der Waals surface area contributed by atoms with Crippen molar-refractivity contribution < 1.29 is 4.74 Å². The van der Waals surface area contributed by atoms with Gasteiger partial charge in [0.1, 0.15) is 0 Å². The zero-order valence-corrected chi connectivity index (χ0v) is 13.8. The lowest BCUT2D eigenvalue weighted by Gasteiger charge is -2.39. The molecule has 1 N–H and O–H groups in total. The van der Waals surface area contributed by atoms with Gasteiger partial charge in [0.25, 0.3) is 0 Å². The normalized spacial score (nSPS) is 39.9. The van der Waals surface area contributed by atoms with Crippen LogP contribution in [-0.4, -0.2) is 35.8 Å². The van der Waals surface area contributed by atoms with Crippen LogP contribution in [-0.2, 0) is 4.74 Å². The molecule has 3 heteroatoms. The van der Waals surface area contributed by atoms with E-state index >= 15 is 0 Å². The molecule has 0 radical (unpaired) electrons. The molecule has 2 rings (SSSR count). The molecule has 19 heavy (non-hydrogen) atoms. The maximum atomic E-state index is 5.74. The van der Waals surface area contributed by atoms with Crippen molar-refractivity contribution in [1.82, 2.24) is 5.32 Å². The van der Waals surface area contributed by atoms with Crippen LogP contribution in [0.25, 0.3) is 0 Å². The Morgan fingerprint density at radius 3 is 2.58 bits per heavy atom. The molecule has 2 aliphatic rings. The maximum absolute atomic E-state index is 5.74. The van der Waals surface area contributed by atoms with E-state index in [0.717, 1.165) is 41.5 Å². The molecule has 0 aromatic carbocycles. The van der Waals surface area contributed by atoms with E-state index in [4.69, 9.17) is 4.74 Å². The first-order chi connectivity index (χ1) is 9.11. The third-order valence-corrected chi connectivity index (χ3v) is 6.74. The number of ether oxygens (including phenoxy) is 1. The van der Waals surface area contributed by atoms with Gasteiger partial charge in [-0.1, -0.05) is 20.8 Å². The van der Waals surface area contributed by atoms with Gasteiger partial charge in [0, 0.05) is 23.1 Å². The largest absolute Gasteiger partial charge is 0.377 e. The van der Waals surface area contributed by atoms with E-state index in [1.807, 2.05) is 0 Å². The first-order valence-corrected chi connectivity index (χ1v) is 9.06. The first kappa shape index (κ1) is 15.7. The molecule has 1 heterocycles. The molecule has 1 aliphatic carbocycles. The Balaban J connectivity index is 1.94. The minimum Gasteiger partial charge on any atom is -0.377 e. The smallest absolute Gasteiger partial charge is 0.0666 e. The predicted molar refractivity (Wildman–Crippen MR) is 84.8 cm³/mol. The Hall–Kier alpha value is 0.270. The van der Waals surface area contributed by atoms with Gasteiger partial charge in [0.2, 0.25) is 0 Å². The van der Waals surface area contributed by atoms with Gasteiger partial charge >= 0.3 is 0 Å². The molecule has 0 aromatic heterocycles. The summed E-state index contributed by atoms with van der Waals surface area (Å²) in [6.45, 7) is 11.3. The summed E-state index contributed by atoms with van der Waals surface area (Å²) in [5, 5.41) is 5.23. The summed E-state index contributed by atoms with van der Waals surface area (Å²) in [6, 6.07) is 0.720. The van der Waals surface area contributed by atoms with E-state index in [9.17, 15) is 0 Å². The van der Waals surface area contributed by atoms with Crippen LogP contribution < -0.4 is 5.32 Å². The van der Waals surface area contributed by atoms with Crippen molar-refractivity contribution in [3.05, 3.63) is 0 Å². The summed E-state index contributed by atoms with van der Waals surface area (Å²) >= 11 is 2.22. The van der Waals surface area contributed by atoms with Crippen molar-refractivity contribution in [1.29, 1.82) is 0 Å². The Morgan fingerprint density at radius 1 is 1.21 bits per heavy atom. The van der Waals surface area contributed by atoms with Crippen LogP contribution >= 0.6 is 11.8 Å². The molecule has 5 atom stereocenters. The van der Waals surface area contributed by atoms with Gasteiger partial charge in [-0.3, -0.25) is 0 Å². The third kappa shape index (κ3) is 4.12. The fourth-order valence-electron chi connectivity index (χ4n) is 3.53. The highest BCUT2D eigenvalue weighted by Crippen LogP contribution is 2.40. The first-order valence-electron chi connectivity index (χ1n) is 8.12. The molecule has 0 spiro atoms. The molecule has 0 amide bonds. The van der Waals surface area contributed by atoms with Gasteiger partial charge in [-0.05, 0) is 51.0 Å². The standard InChI is InChI=1S/C16H31NOS/c1-5-17-14-7-6-13(11(2)3)10-16(14)19-15-8-9-18-12(15)4/h11-17H,5-10H2,1-4H3. The Labute approximate surface area is 123 Å². The molecular weight excluding hydrogens is 254 g/mol. The fourth-order valence-corrected chi connectivity index (χ4v) is 5.29. The van der Waals surface area contributed by atoms with E-state index in [0.29, 0.717) is 6.10 Å². The van der Waals surface area contributed by atoms with E-state index < -0.39 is 0 Å². The van der Waals surface area contributed by atoms with Crippen molar-refractivity contribution in [3.8, 4) is 0 Å². The van der Waals surface area contributed by atoms with Gasteiger partial charge in [-0.15, -0.1) is 0 Å². The van der Waals surface area contributed by atoms with E-state index in [2.05, 4.69) is 44.8 Å². The molecule has 0 aromatic rings. The van der Waals surface area contributed by atoms with Gasteiger partial charge < -0.3 is 10.1 Å². The number of thioether (sulfide) groups is 1. The highest BCUT2D eigenvalue weighted by molar-refractivity contribution is 8.00. The summed E-state index contributed by atoms with van der Waals surface area (Å²) in [7, 11) is 0. The van der Waals surface area contributed by atoms with E-state index in [1.165, 1.54) is 25.7 Å². The number of nitrogens with one attached hydrogen (secondary N) is 1. The second-order valence-electron chi connectivity index (χ2n) is 6.56. The van der Waals surface area contributed by atoms with Crippen molar-refractivity contribution in [2.75, 3.05) is 13.2 Å². The molecule has 1 saturated carbocycles.